The quantitative estimate of drug-likeness (QED) is 0.830. The first-order chi connectivity index (χ1) is 8.43. The maximum absolute atomic E-state index is 12.0. The fourth-order valence-corrected chi connectivity index (χ4v) is 1.06. The van der Waals surface area contributed by atoms with Crippen LogP contribution in [0.1, 0.15) is 19.8 Å². The lowest BCUT2D eigenvalue weighted by Gasteiger charge is -2.08. The number of hydrogen-bond acceptors (Lipinski definition) is 3. The van der Waals surface area contributed by atoms with Crippen molar-refractivity contribution in [2.45, 2.75) is 25.9 Å². The van der Waals surface area contributed by atoms with Gasteiger partial charge in [0.2, 0.25) is 5.88 Å². The van der Waals surface area contributed by atoms with Gasteiger partial charge in [0.1, 0.15) is 0 Å². The maximum atomic E-state index is 12.0. The number of halogens is 3. The van der Waals surface area contributed by atoms with Crippen LogP contribution in [0.2, 0.25) is 0 Å². The number of rotatable bonds is 5. The molecule has 0 atom stereocenters. The Morgan fingerprint density at radius 2 is 2.17 bits per heavy atom. The van der Waals surface area contributed by atoms with Crippen molar-refractivity contribution >= 4 is 11.6 Å². The summed E-state index contributed by atoms with van der Waals surface area (Å²) in [5.74, 6) is -1.71. The molecule has 0 aliphatic heterocycles. The second-order valence-corrected chi connectivity index (χ2v) is 3.54. The van der Waals surface area contributed by atoms with Gasteiger partial charge in [-0.05, 0) is 12.5 Å². The molecule has 1 heterocycles. The molecule has 0 saturated carbocycles. The van der Waals surface area contributed by atoms with Gasteiger partial charge in [-0.15, -0.1) is 0 Å². The van der Waals surface area contributed by atoms with Gasteiger partial charge in [0.15, 0.2) is 0 Å². The van der Waals surface area contributed by atoms with Gasteiger partial charge in [0.05, 0.1) is 18.5 Å². The van der Waals surface area contributed by atoms with Gasteiger partial charge in [0, 0.05) is 6.07 Å². The number of nitrogens with zero attached hydrogens (tertiary/aromatic N) is 1. The van der Waals surface area contributed by atoms with Gasteiger partial charge in [-0.1, -0.05) is 13.3 Å². The number of hydrogen-bond donors (Lipinski definition) is 1. The monoisotopic (exact) mass is 262 g/mol. The fourth-order valence-electron chi connectivity index (χ4n) is 1.06. The van der Waals surface area contributed by atoms with Crippen molar-refractivity contribution in [1.82, 2.24) is 4.98 Å². The summed E-state index contributed by atoms with van der Waals surface area (Å²) in [5.41, 5.74) is -0.0276. The van der Waals surface area contributed by atoms with Gasteiger partial charge in [-0.2, -0.15) is 13.2 Å². The van der Waals surface area contributed by atoms with E-state index in [2.05, 4.69) is 4.98 Å². The first kappa shape index (κ1) is 14.3. The van der Waals surface area contributed by atoms with Crippen LogP contribution in [0.3, 0.4) is 0 Å². The second-order valence-electron chi connectivity index (χ2n) is 3.54. The standard InChI is InChI=1S/C11H13F3N2O2/c1-2-3-6-18-9-5-4-8(7-15-9)16-10(17)11(12,13)14/h4-5,7H,2-3,6H2,1H3,(H,16,17). The summed E-state index contributed by atoms with van der Waals surface area (Å²) in [7, 11) is 0. The molecule has 4 nitrogen and oxygen atoms in total. The molecule has 0 fully saturated rings. The van der Waals surface area contributed by atoms with Gasteiger partial charge in [0.25, 0.3) is 0 Å². The molecule has 1 rings (SSSR count). The van der Waals surface area contributed by atoms with E-state index in [4.69, 9.17) is 4.74 Å². The zero-order chi connectivity index (χ0) is 13.6. The van der Waals surface area contributed by atoms with Crippen molar-refractivity contribution in [1.29, 1.82) is 0 Å². The van der Waals surface area contributed by atoms with Crippen LogP contribution in [-0.2, 0) is 4.79 Å². The molecule has 0 aromatic carbocycles. The molecule has 0 aliphatic carbocycles. The minimum Gasteiger partial charge on any atom is -0.478 e. The van der Waals surface area contributed by atoms with E-state index < -0.39 is 12.1 Å². The zero-order valence-electron chi connectivity index (χ0n) is 9.75. The van der Waals surface area contributed by atoms with E-state index in [0.29, 0.717) is 12.5 Å². The molecule has 0 bridgehead atoms. The third-order valence-corrected chi connectivity index (χ3v) is 2.00. The highest BCUT2D eigenvalue weighted by atomic mass is 19.4. The molecule has 100 valence electrons. The number of alkyl halides is 3. The number of ether oxygens (including phenoxy) is 1. The van der Waals surface area contributed by atoms with Crippen LogP contribution in [-0.4, -0.2) is 23.7 Å². The van der Waals surface area contributed by atoms with Gasteiger partial charge < -0.3 is 10.1 Å². The van der Waals surface area contributed by atoms with Crippen LogP contribution >= 0.6 is 0 Å². The average molecular weight is 262 g/mol. The highest BCUT2D eigenvalue weighted by Gasteiger charge is 2.38. The summed E-state index contributed by atoms with van der Waals surface area (Å²) in [6.45, 7) is 2.50. The summed E-state index contributed by atoms with van der Waals surface area (Å²) < 4.78 is 41.1. The molecule has 0 unspecified atom stereocenters. The Kier molecular flexibility index (Phi) is 4.94. The summed E-state index contributed by atoms with van der Waals surface area (Å²) in [6.07, 6.45) is -1.95. The lowest BCUT2D eigenvalue weighted by atomic mass is 10.3. The summed E-state index contributed by atoms with van der Waals surface area (Å²) in [5, 5.41) is 1.69. The molecular formula is C11H13F3N2O2. The van der Waals surface area contributed by atoms with E-state index in [9.17, 15) is 18.0 Å². The predicted octanol–water partition coefficient (Wildman–Crippen LogP) is 2.76. The average Bonchev–Trinajstić information content (AvgIpc) is 2.30. The van der Waals surface area contributed by atoms with Crippen LogP contribution in [0.25, 0.3) is 0 Å². The Labute approximate surface area is 102 Å². The van der Waals surface area contributed by atoms with Crippen molar-refractivity contribution in [3.63, 3.8) is 0 Å². The number of anilines is 1. The molecule has 7 heteroatoms. The number of carbonyl (C=O) groups excluding carboxylic acids is 1. The normalized spacial score (nSPS) is 11.1. The molecule has 0 spiro atoms. The minimum atomic E-state index is -4.91. The van der Waals surface area contributed by atoms with Crippen molar-refractivity contribution in [2.24, 2.45) is 0 Å². The van der Waals surface area contributed by atoms with Crippen molar-refractivity contribution < 1.29 is 22.7 Å². The first-order valence-electron chi connectivity index (χ1n) is 5.40. The van der Waals surface area contributed by atoms with E-state index in [1.165, 1.54) is 12.1 Å². The number of unbranched alkanes of at least 4 members (excludes halogenated alkanes) is 1. The zero-order valence-corrected chi connectivity index (χ0v) is 9.75. The number of amides is 1. The second kappa shape index (κ2) is 6.23. The third-order valence-electron chi connectivity index (χ3n) is 2.00. The lowest BCUT2D eigenvalue weighted by molar-refractivity contribution is -0.167. The largest absolute Gasteiger partial charge is 0.478 e. The highest BCUT2D eigenvalue weighted by molar-refractivity contribution is 5.94. The van der Waals surface area contributed by atoms with Crippen LogP contribution in [0.5, 0.6) is 5.88 Å². The molecule has 18 heavy (non-hydrogen) atoms. The van der Waals surface area contributed by atoms with Crippen LogP contribution in [0.15, 0.2) is 18.3 Å². The van der Waals surface area contributed by atoms with Crippen LogP contribution in [0, 0.1) is 0 Å². The van der Waals surface area contributed by atoms with Crippen LogP contribution in [0.4, 0.5) is 18.9 Å². The molecule has 0 aliphatic rings. The minimum absolute atomic E-state index is 0.0276. The Hall–Kier alpha value is -1.79. The summed E-state index contributed by atoms with van der Waals surface area (Å²) in [4.78, 5) is 14.4. The molecular weight excluding hydrogens is 249 g/mol. The summed E-state index contributed by atoms with van der Waals surface area (Å²) >= 11 is 0. The molecule has 0 radical (unpaired) electrons. The van der Waals surface area contributed by atoms with Gasteiger partial charge in [-0.25, -0.2) is 4.98 Å². The maximum Gasteiger partial charge on any atom is 0.471 e. The first-order valence-corrected chi connectivity index (χ1v) is 5.40. The van der Waals surface area contributed by atoms with E-state index >= 15 is 0 Å². The van der Waals surface area contributed by atoms with E-state index in [-0.39, 0.29) is 5.69 Å². The molecule has 1 aromatic rings. The van der Waals surface area contributed by atoms with E-state index in [1.807, 2.05) is 6.92 Å². The predicted molar refractivity (Wildman–Crippen MR) is 59.3 cm³/mol. The Morgan fingerprint density at radius 1 is 1.44 bits per heavy atom. The fraction of sp³-hybridized carbons (Fsp3) is 0.455. The number of carbonyl (C=O) groups is 1. The van der Waals surface area contributed by atoms with Gasteiger partial charge in [-0.3, -0.25) is 4.79 Å². The smallest absolute Gasteiger partial charge is 0.471 e. The topological polar surface area (TPSA) is 51.2 Å². The molecule has 1 amide bonds. The van der Waals surface area contributed by atoms with Crippen molar-refractivity contribution in [2.75, 3.05) is 11.9 Å². The number of pyridine rings is 1. The molecule has 1 aromatic heterocycles. The van der Waals surface area contributed by atoms with E-state index in [0.717, 1.165) is 19.0 Å². The Balaban J connectivity index is 2.53. The highest BCUT2D eigenvalue weighted by Crippen LogP contribution is 2.18. The van der Waals surface area contributed by atoms with Crippen LogP contribution < -0.4 is 10.1 Å². The van der Waals surface area contributed by atoms with E-state index in [1.54, 1.807) is 5.32 Å². The Morgan fingerprint density at radius 3 is 2.67 bits per heavy atom. The molecule has 1 N–H and O–H groups in total. The SMILES string of the molecule is CCCCOc1ccc(NC(=O)C(F)(F)F)cn1. The lowest BCUT2D eigenvalue weighted by Crippen LogP contribution is -2.29. The summed E-state index contributed by atoms with van der Waals surface area (Å²) in [6, 6.07) is 2.71. The van der Waals surface area contributed by atoms with Crippen molar-refractivity contribution in [3.8, 4) is 5.88 Å². The number of nitrogens with one attached hydrogen (secondary N) is 1. The Bertz CT molecular complexity index is 390. The third kappa shape index (κ3) is 4.60. The van der Waals surface area contributed by atoms with Crippen molar-refractivity contribution in [3.05, 3.63) is 18.3 Å². The van der Waals surface area contributed by atoms with Gasteiger partial charge >= 0.3 is 12.1 Å². The molecule has 0 saturated heterocycles. The number of aromatic nitrogens is 1.